The Balaban J connectivity index is 0.000000243. The maximum Gasteiger partial charge on any atom is 0.410 e. The van der Waals surface area contributed by atoms with Gasteiger partial charge in [-0.2, -0.15) is 0 Å². The number of H-pyrrole nitrogens is 2. The van der Waals surface area contributed by atoms with Gasteiger partial charge in [-0.15, -0.1) is 5.06 Å². The molecule has 6 N–H and O–H groups in total. The average molecular weight is 1380 g/mol. The zero-order valence-electron chi connectivity index (χ0n) is 55.3. The molecule has 6 heterocycles. The van der Waals surface area contributed by atoms with Crippen LogP contribution in [0, 0.1) is 0 Å². The highest BCUT2D eigenvalue weighted by Gasteiger charge is 2.33. The van der Waals surface area contributed by atoms with Crippen LogP contribution < -0.4 is 21.8 Å². The van der Waals surface area contributed by atoms with Gasteiger partial charge in [0.1, 0.15) is 16.8 Å². The monoisotopic (exact) mass is 1380 g/mol. The molecule has 7 amide bonds. The lowest BCUT2D eigenvalue weighted by Crippen LogP contribution is -2.38. The van der Waals surface area contributed by atoms with Crippen LogP contribution in [-0.2, 0) is 51.3 Å². The van der Waals surface area contributed by atoms with Crippen molar-refractivity contribution in [1.82, 2.24) is 54.2 Å². The minimum absolute atomic E-state index is 0. The average Bonchev–Trinajstić information content (AvgIpc) is 1.61. The molecule has 4 aromatic heterocycles. The predicted octanol–water partition coefficient (Wildman–Crippen LogP) is 10.5. The number of imide groups is 2. The standard InChI is InChI=1S/C33H35N5O7.C32H38BrN5O5.C4H5NO2.H2O/c1-5-6-17-36(32(43)44-33(2,3)4)18-21-7-9-22(10-8-21)25-19-37-20-26(34-31(37)35-29(25)41)23-11-13-24(14-12-23)30(42)45-38-27(39)15-16-28(38)40;1-31(2,3)42-29(40)34-16-7-17-37(30(41)43-32(4,5)6)18-21-8-10-22(11-9-21)25-19-38-20-26(35-28(38)36-27(25)39)23-12-14-24(33)15-13-23;6-3-1-2-4(7)5-3;/h7-14,19-20H,5-6,15-18H2,1-4H3,(H,34,35,41);8-15,19-20H,7,16-18H2,1-6H3,(H,34,40)(H,35,36,39);1-2H2,(H,5,6,7);1H2. The molecule has 96 heavy (non-hydrogen) atoms. The predicted molar refractivity (Wildman–Crippen MR) is 361 cm³/mol. The lowest BCUT2D eigenvalue weighted by atomic mass is 10.1. The highest BCUT2D eigenvalue weighted by Crippen LogP contribution is 2.26. The number of imidazole rings is 2. The van der Waals surface area contributed by atoms with Gasteiger partial charge in [0.15, 0.2) is 0 Å². The van der Waals surface area contributed by atoms with Gasteiger partial charge in [-0.3, -0.25) is 52.9 Å². The largest absolute Gasteiger partial charge is 0.444 e. The number of nitrogens with zero attached hydrogens (tertiary/aromatic N) is 7. The van der Waals surface area contributed by atoms with E-state index in [-0.39, 0.29) is 52.9 Å². The number of carbonyl (C=O) groups is 8. The Hall–Kier alpha value is -10.3. The fourth-order valence-corrected chi connectivity index (χ4v) is 9.82. The maximum atomic E-state index is 13.0. The summed E-state index contributed by atoms with van der Waals surface area (Å²) in [5.74, 6) is -1.42. The van der Waals surface area contributed by atoms with Crippen LogP contribution in [0.15, 0.2) is 136 Å². The van der Waals surface area contributed by atoms with E-state index in [1.807, 2.05) is 121 Å². The number of rotatable bonds is 17. The van der Waals surface area contributed by atoms with E-state index in [4.69, 9.17) is 19.0 Å². The third kappa shape index (κ3) is 20.9. The van der Waals surface area contributed by atoms with E-state index in [0.717, 1.165) is 45.3 Å². The summed E-state index contributed by atoms with van der Waals surface area (Å²) in [5, 5.41) is 5.37. The van der Waals surface area contributed by atoms with E-state index in [0.29, 0.717) is 96.6 Å². The van der Waals surface area contributed by atoms with Crippen LogP contribution in [0.2, 0.25) is 0 Å². The molecule has 8 aromatic rings. The number of aromatic amines is 2. The highest BCUT2D eigenvalue weighted by atomic mass is 79.9. The number of fused-ring (bicyclic) bond motifs is 2. The molecule has 2 fully saturated rings. The van der Waals surface area contributed by atoms with Gasteiger partial charge in [0.2, 0.25) is 23.4 Å². The maximum absolute atomic E-state index is 13.0. The Morgan fingerprint density at radius 2 is 0.948 bits per heavy atom. The Bertz CT molecular complexity index is 4210. The van der Waals surface area contributed by atoms with Gasteiger partial charge in [0, 0.05) is 98.8 Å². The van der Waals surface area contributed by atoms with Crippen molar-refractivity contribution in [2.75, 3.05) is 19.6 Å². The first-order valence-corrected chi connectivity index (χ1v) is 31.8. The zero-order chi connectivity index (χ0) is 68.9. The third-order valence-electron chi connectivity index (χ3n) is 14.2. The van der Waals surface area contributed by atoms with E-state index in [1.54, 1.807) is 70.1 Å². The van der Waals surface area contributed by atoms with E-state index in [9.17, 15) is 47.9 Å². The molecule has 2 aliphatic rings. The quantitative estimate of drug-likeness (QED) is 0.0374. The van der Waals surface area contributed by atoms with E-state index < -0.39 is 46.8 Å². The van der Waals surface area contributed by atoms with E-state index in [1.165, 1.54) is 12.1 Å². The number of halogens is 1. The third-order valence-corrected chi connectivity index (χ3v) is 14.7. The fourth-order valence-electron chi connectivity index (χ4n) is 9.56. The van der Waals surface area contributed by atoms with Gasteiger partial charge in [0.05, 0.1) is 28.1 Å². The lowest BCUT2D eigenvalue weighted by molar-refractivity contribution is -0.172. The SMILES string of the molecule is CC(C)(C)OC(=O)NCCCN(Cc1ccc(-c2cn3cc(-c4ccc(Br)cc4)nc3[nH]c2=O)cc1)C(=O)OC(C)(C)C.CCCCN(Cc1ccc(-c2cn3cc(-c4ccc(C(=O)ON5C(=O)CCC5=O)cc4)nc3[nH]c2=O)cc1)C(=O)OC(C)(C)C.O.O=C1CCC(=O)N1. The number of amides is 7. The molecule has 2 saturated heterocycles. The minimum Gasteiger partial charge on any atom is -0.444 e. The molecule has 4 aromatic carbocycles. The second-order valence-electron chi connectivity index (χ2n) is 25.6. The van der Waals surface area contributed by atoms with Crippen molar-refractivity contribution < 1.29 is 62.9 Å². The molecule has 0 aliphatic carbocycles. The zero-order valence-corrected chi connectivity index (χ0v) is 56.8. The van der Waals surface area contributed by atoms with Gasteiger partial charge in [-0.05, 0) is 122 Å². The van der Waals surface area contributed by atoms with Crippen molar-refractivity contribution in [3.8, 4) is 44.8 Å². The molecule has 26 nitrogen and oxygen atoms in total. The van der Waals surface area contributed by atoms with Gasteiger partial charge >= 0.3 is 24.2 Å². The first-order valence-electron chi connectivity index (χ1n) is 31.0. The summed E-state index contributed by atoms with van der Waals surface area (Å²) in [6, 6.07) is 29.1. The number of aromatic nitrogens is 6. The first kappa shape index (κ1) is 73.1. The second-order valence-corrected chi connectivity index (χ2v) is 26.5. The van der Waals surface area contributed by atoms with Crippen LogP contribution in [-0.4, -0.2) is 133 Å². The molecule has 0 unspecified atom stereocenters. The highest BCUT2D eigenvalue weighted by molar-refractivity contribution is 9.10. The van der Waals surface area contributed by atoms with Crippen molar-refractivity contribution in [1.29, 1.82) is 0 Å². The number of alkyl carbamates (subject to hydrolysis) is 1. The molecule has 508 valence electrons. The number of hydrogen-bond acceptors (Lipinski definition) is 16. The number of carbonyl (C=O) groups excluding carboxylic acids is 8. The summed E-state index contributed by atoms with van der Waals surface area (Å²) in [6.07, 6.45) is 8.89. The summed E-state index contributed by atoms with van der Waals surface area (Å²) >= 11 is 3.44. The molecule has 0 atom stereocenters. The number of benzene rings is 4. The Morgan fingerprint density at radius 3 is 1.34 bits per heavy atom. The van der Waals surface area contributed by atoms with Crippen molar-refractivity contribution in [2.45, 2.75) is 144 Å². The number of hydroxylamine groups is 2. The molecule has 0 bridgehead atoms. The lowest BCUT2D eigenvalue weighted by Gasteiger charge is -2.27. The van der Waals surface area contributed by atoms with Crippen LogP contribution in [0.5, 0.6) is 0 Å². The Labute approximate surface area is 562 Å². The van der Waals surface area contributed by atoms with E-state index >= 15 is 0 Å². The van der Waals surface area contributed by atoms with Crippen LogP contribution >= 0.6 is 15.9 Å². The summed E-state index contributed by atoms with van der Waals surface area (Å²) < 4.78 is 21.0. The van der Waals surface area contributed by atoms with Crippen LogP contribution in [0.25, 0.3) is 56.3 Å². The summed E-state index contributed by atoms with van der Waals surface area (Å²) in [5.41, 5.74) is 4.84. The van der Waals surface area contributed by atoms with Crippen molar-refractivity contribution in [2.24, 2.45) is 0 Å². The van der Waals surface area contributed by atoms with E-state index in [2.05, 4.69) is 53.4 Å². The van der Waals surface area contributed by atoms with Crippen LogP contribution in [0.1, 0.15) is 136 Å². The van der Waals surface area contributed by atoms with Crippen LogP contribution in [0.3, 0.4) is 0 Å². The Kier molecular flexibility index (Phi) is 24.2. The molecule has 27 heteroatoms. The molecule has 0 spiro atoms. The second kappa shape index (κ2) is 31.8. The number of nitrogens with one attached hydrogen (secondary N) is 4. The molecule has 10 rings (SSSR count). The van der Waals surface area contributed by atoms with Crippen molar-refractivity contribution >= 4 is 75.4 Å². The molecule has 2 aliphatic heterocycles. The first-order chi connectivity index (χ1) is 44.9. The molecule has 0 radical (unpaired) electrons. The minimum atomic E-state index is -0.821. The van der Waals surface area contributed by atoms with Gasteiger partial charge in [-0.25, -0.2) is 29.1 Å². The number of hydrogen-bond donors (Lipinski definition) is 4. The fraction of sp³-hybridized carbons (Fsp3) is 0.362. The normalized spacial score (nSPS) is 13.0. The Morgan fingerprint density at radius 1 is 0.542 bits per heavy atom. The van der Waals surface area contributed by atoms with Gasteiger partial charge in [0.25, 0.3) is 22.9 Å². The van der Waals surface area contributed by atoms with Crippen molar-refractivity contribution in [3.63, 3.8) is 0 Å². The van der Waals surface area contributed by atoms with Gasteiger partial charge in [-0.1, -0.05) is 102 Å². The molecular formula is C69H80BrN11O15. The van der Waals surface area contributed by atoms with Crippen LogP contribution in [0.4, 0.5) is 14.4 Å². The number of unbranched alkanes of at least 4 members (excludes halogenated alkanes) is 1. The summed E-state index contributed by atoms with van der Waals surface area (Å²) in [7, 11) is 0. The molecule has 0 saturated carbocycles. The molecular weight excluding hydrogens is 1300 g/mol. The topological polar surface area (TPSA) is 339 Å². The smallest absolute Gasteiger partial charge is 0.410 e. The van der Waals surface area contributed by atoms with Crippen molar-refractivity contribution in [3.05, 3.63) is 164 Å². The summed E-state index contributed by atoms with van der Waals surface area (Å²) in [4.78, 5) is 143. The summed E-state index contributed by atoms with van der Waals surface area (Å²) in [6.45, 7) is 20.4. The van der Waals surface area contributed by atoms with Gasteiger partial charge < -0.3 is 39.6 Å². The number of ether oxygens (including phenoxy) is 3.